The fraction of sp³-hybridized carbons (Fsp3) is 0.800. The third kappa shape index (κ3) is 1.21. The highest BCUT2D eigenvalue weighted by molar-refractivity contribution is 5.87. The van der Waals surface area contributed by atoms with Crippen LogP contribution in [0.2, 0.25) is 0 Å². The quantitative estimate of drug-likeness (QED) is 0.687. The zero-order chi connectivity index (χ0) is 10.3. The van der Waals surface area contributed by atoms with Crippen molar-refractivity contribution in [1.29, 1.82) is 0 Å². The zero-order valence-electron chi connectivity index (χ0n) is 8.25. The van der Waals surface area contributed by atoms with E-state index >= 15 is 0 Å². The molecule has 2 aliphatic carbocycles. The minimum absolute atomic E-state index is 0.147. The molecule has 14 heavy (non-hydrogen) atoms. The summed E-state index contributed by atoms with van der Waals surface area (Å²) in [7, 11) is 0. The van der Waals surface area contributed by atoms with Crippen molar-refractivity contribution in [3.63, 3.8) is 0 Å². The smallest absolute Gasteiger partial charge is 0.329 e. The Labute approximate surface area is 82.7 Å². The molecule has 2 saturated carbocycles. The van der Waals surface area contributed by atoms with Gasteiger partial charge >= 0.3 is 5.97 Å². The molecule has 2 bridgehead atoms. The highest BCUT2D eigenvalue weighted by Crippen LogP contribution is 2.50. The maximum absolute atomic E-state index is 11.2. The number of amides is 1. The van der Waals surface area contributed by atoms with Crippen LogP contribution in [-0.4, -0.2) is 22.5 Å². The molecule has 2 fully saturated rings. The average molecular weight is 197 g/mol. The van der Waals surface area contributed by atoms with E-state index in [1.54, 1.807) is 0 Å². The van der Waals surface area contributed by atoms with E-state index in [2.05, 4.69) is 5.32 Å². The number of carbonyl (C=O) groups is 2. The van der Waals surface area contributed by atoms with E-state index in [9.17, 15) is 14.7 Å². The molecule has 0 aromatic heterocycles. The lowest BCUT2D eigenvalue weighted by atomic mass is 9.81. The second kappa shape index (κ2) is 2.97. The van der Waals surface area contributed by atoms with Gasteiger partial charge in [0, 0.05) is 6.92 Å². The molecule has 2 rings (SSSR count). The van der Waals surface area contributed by atoms with Crippen LogP contribution in [0.1, 0.15) is 32.6 Å². The molecule has 2 aliphatic rings. The van der Waals surface area contributed by atoms with Crippen LogP contribution in [0.5, 0.6) is 0 Å². The van der Waals surface area contributed by atoms with Crippen LogP contribution < -0.4 is 5.32 Å². The molecule has 3 atom stereocenters. The highest BCUT2D eigenvalue weighted by atomic mass is 16.4. The summed E-state index contributed by atoms with van der Waals surface area (Å²) in [5, 5.41) is 11.9. The summed E-state index contributed by atoms with van der Waals surface area (Å²) in [5.41, 5.74) is -0.950. The van der Waals surface area contributed by atoms with Crippen molar-refractivity contribution in [3.05, 3.63) is 0 Å². The second-order valence-electron chi connectivity index (χ2n) is 4.54. The number of carbonyl (C=O) groups excluding carboxylic acids is 1. The van der Waals surface area contributed by atoms with E-state index in [1.165, 1.54) is 6.92 Å². The number of fused-ring (bicyclic) bond motifs is 2. The molecule has 0 aliphatic heterocycles. The maximum Gasteiger partial charge on any atom is 0.329 e. The highest BCUT2D eigenvalue weighted by Gasteiger charge is 2.56. The molecule has 0 aromatic carbocycles. The number of hydrogen-bond donors (Lipinski definition) is 2. The number of carboxylic acid groups (broad SMARTS) is 1. The van der Waals surface area contributed by atoms with Gasteiger partial charge in [-0.1, -0.05) is 0 Å². The summed E-state index contributed by atoms with van der Waals surface area (Å²) in [6.07, 6.45) is 3.65. The summed E-state index contributed by atoms with van der Waals surface area (Å²) in [6.45, 7) is 1.39. The van der Waals surface area contributed by atoms with E-state index in [4.69, 9.17) is 0 Å². The standard InChI is InChI=1S/C10H15NO3/c1-6(12)11-10(9(13)14)5-7-2-3-8(10)4-7/h7-8H,2-5H2,1H3,(H,11,12)(H,13,14)/t7-,8+,10-/m0/s1. The van der Waals surface area contributed by atoms with Crippen molar-refractivity contribution in [1.82, 2.24) is 5.32 Å². The van der Waals surface area contributed by atoms with Crippen LogP contribution >= 0.6 is 0 Å². The summed E-state index contributed by atoms with van der Waals surface area (Å²) in [5.74, 6) is -0.448. The summed E-state index contributed by atoms with van der Waals surface area (Å²) in [6, 6.07) is 0. The molecule has 0 unspecified atom stereocenters. The van der Waals surface area contributed by atoms with Gasteiger partial charge in [-0.15, -0.1) is 0 Å². The van der Waals surface area contributed by atoms with Crippen molar-refractivity contribution in [2.24, 2.45) is 11.8 Å². The third-order valence-electron chi connectivity index (χ3n) is 3.63. The Morgan fingerprint density at radius 1 is 1.43 bits per heavy atom. The first-order valence-corrected chi connectivity index (χ1v) is 5.07. The van der Waals surface area contributed by atoms with Gasteiger partial charge in [0.05, 0.1) is 0 Å². The number of rotatable bonds is 2. The summed E-state index contributed by atoms with van der Waals surface area (Å²) >= 11 is 0. The van der Waals surface area contributed by atoms with Gasteiger partial charge in [-0.3, -0.25) is 4.79 Å². The first kappa shape index (κ1) is 9.49. The Morgan fingerprint density at radius 3 is 2.50 bits per heavy atom. The van der Waals surface area contributed by atoms with E-state index in [-0.39, 0.29) is 11.8 Å². The molecule has 0 radical (unpaired) electrons. The SMILES string of the molecule is CC(=O)N[C@@]1(C(=O)O)C[C@H]2CC[C@@H]1C2. The minimum Gasteiger partial charge on any atom is -0.479 e. The molecule has 0 spiro atoms. The topological polar surface area (TPSA) is 66.4 Å². The largest absolute Gasteiger partial charge is 0.479 e. The van der Waals surface area contributed by atoms with Crippen molar-refractivity contribution in [2.45, 2.75) is 38.1 Å². The van der Waals surface area contributed by atoms with Gasteiger partial charge < -0.3 is 10.4 Å². The Hall–Kier alpha value is -1.06. The molecular formula is C10H15NO3. The molecule has 0 heterocycles. The molecule has 4 heteroatoms. The Morgan fingerprint density at radius 2 is 2.14 bits per heavy atom. The van der Waals surface area contributed by atoms with E-state index in [0.717, 1.165) is 19.3 Å². The first-order chi connectivity index (χ1) is 6.54. The van der Waals surface area contributed by atoms with Gasteiger partial charge in [-0.05, 0) is 37.5 Å². The summed E-state index contributed by atoms with van der Waals surface area (Å²) in [4.78, 5) is 22.2. The predicted octanol–water partition coefficient (Wildman–Crippen LogP) is 0.766. The fourth-order valence-electron chi connectivity index (χ4n) is 3.11. The predicted molar refractivity (Wildman–Crippen MR) is 49.6 cm³/mol. The van der Waals surface area contributed by atoms with E-state index in [0.29, 0.717) is 12.3 Å². The monoisotopic (exact) mass is 197 g/mol. The van der Waals surface area contributed by atoms with E-state index in [1.807, 2.05) is 0 Å². The van der Waals surface area contributed by atoms with Crippen LogP contribution in [-0.2, 0) is 9.59 Å². The summed E-state index contributed by atoms with van der Waals surface area (Å²) < 4.78 is 0. The van der Waals surface area contributed by atoms with Crippen LogP contribution in [0.4, 0.5) is 0 Å². The number of hydrogen-bond acceptors (Lipinski definition) is 2. The molecule has 0 aromatic rings. The molecule has 2 N–H and O–H groups in total. The minimum atomic E-state index is -0.950. The molecule has 0 saturated heterocycles. The van der Waals surface area contributed by atoms with Gasteiger partial charge in [0.15, 0.2) is 0 Å². The average Bonchev–Trinajstić information content (AvgIpc) is 2.61. The lowest BCUT2D eigenvalue weighted by Gasteiger charge is -2.33. The van der Waals surface area contributed by atoms with Crippen molar-refractivity contribution < 1.29 is 14.7 Å². The van der Waals surface area contributed by atoms with Crippen LogP contribution in [0.15, 0.2) is 0 Å². The normalized spacial score (nSPS) is 39.8. The second-order valence-corrected chi connectivity index (χ2v) is 4.54. The molecule has 78 valence electrons. The van der Waals surface area contributed by atoms with Crippen molar-refractivity contribution >= 4 is 11.9 Å². The van der Waals surface area contributed by atoms with Gasteiger partial charge in [0.2, 0.25) is 5.91 Å². The van der Waals surface area contributed by atoms with Crippen molar-refractivity contribution in [2.75, 3.05) is 0 Å². The first-order valence-electron chi connectivity index (χ1n) is 5.07. The zero-order valence-corrected chi connectivity index (χ0v) is 8.25. The van der Waals surface area contributed by atoms with Gasteiger partial charge in [-0.2, -0.15) is 0 Å². The van der Waals surface area contributed by atoms with Gasteiger partial charge in [0.25, 0.3) is 0 Å². The fourth-order valence-corrected chi connectivity index (χ4v) is 3.11. The van der Waals surface area contributed by atoms with Crippen molar-refractivity contribution in [3.8, 4) is 0 Å². The number of aliphatic carboxylic acids is 1. The van der Waals surface area contributed by atoms with Gasteiger partial charge in [-0.25, -0.2) is 4.79 Å². The van der Waals surface area contributed by atoms with Crippen LogP contribution in [0, 0.1) is 11.8 Å². The van der Waals surface area contributed by atoms with Gasteiger partial charge in [0.1, 0.15) is 5.54 Å². The maximum atomic E-state index is 11.2. The number of carboxylic acids is 1. The number of nitrogens with one attached hydrogen (secondary N) is 1. The van der Waals surface area contributed by atoms with Crippen LogP contribution in [0.3, 0.4) is 0 Å². The van der Waals surface area contributed by atoms with Crippen LogP contribution in [0.25, 0.3) is 0 Å². The molecule has 1 amide bonds. The Kier molecular flexibility index (Phi) is 2.01. The Balaban J connectivity index is 2.24. The Bertz CT molecular complexity index is 289. The third-order valence-corrected chi connectivity index (χ3v) is 3.63. The molecule has 4 nitrogen and oxygen atoms in total. The lowest BCUT2D eigenvalue weighted by molar-refractivity contribution is -0.150. The lowest BCUT2D eigenvalue weighted by Crippen LogP contribution is -2.57. The molecular weight excluding hydrogens is 182 g/mol. The van der Waals surface area contributed by atoms with E-state index < -0.39 is 11.5 Å².